The molecule has 0 heterocycles. The van der Waals surface area contributed by atoms with E-state index in [9.17, 15) is 10.1 Å². The molecule has 3 heteroatoms. The second-order valence-electron chi connectivity index (χ2n) is 4.58. The Balaban J connectivity index is 2.23. The molecule has 3 nitrogen and oxygen atoms in total. The fraction of sp³-hybridized carbons (Fsp3) is 0.429. The van der Waals surface area contributed by atoms with Gasteiger partial charge in [0.2, 0.25) is 0 Å². The fourth-order valence-corrected chi connectivity index (χ4v) is 2.45. The Hall–Kier alpha value is -1.82. The molecule has 0 aliphatic heterocycles. The van der Waals surface area contributed by atoms with Crippen LogP contribution < -0.4 is 0 Å². The van der Waals surface area contributed by atoms with Gasteiger partial charge in [-0.3, -0.25) is 4.79 Å². The van der Waals surface area contributed by atoms with Crippen molar-refractivity contribution in [2.45, 2.75) is 31.2 Å². The van der Waals surface area contributed by atoms with E-state index in [1.807, 2.05) is 18.2 Å². The number of carbonyl (C=O) groups excluding carboxylic acids is 1. The normalized spacial score (nSPS) is 17.4. The van der Waals surface area contributed by atoms with Crippen molar-refractivity contribution < 1.29 is 4.79 Å². The molecule has 0 spiro atoms. The van der Waals surface area contributed by atoms with Gasteiger partial charge in [0.05, 0.1) is 6.07 Å². The summed E-state index contributed by atoms with van der Waals surface area (Å²) in [6, 6.07) is 11.5. The molecule has 1 aliphatic rings. The molecule has 1 aromatic rings. The quantitative estimate of drug-likeness (QED) is 0.781. The first-order chi connectivity index (χ1) is 8.19. The van der Waals surface area contributed by atoms with Gasteiger partial charge in [-0.15, -0.1) is 0 Å². The maximum absolute atomic E-state index is 12.3. The second kappa shape index (κ2) is 4.58. The predicted octanol–water partition coefficient (Wildman–Crippen LogP) is 2.59. The van der Waals surface area contributed by atoms with Crippen LogP contribution in [0.5, 0.6) is 0 Å². The SMILES string of the molecule is CN(C(=O)c1ccccc1)C1(C#N)CCCC1. The highest BCUT2D eigenvalue weighted by Crippen LogP contribution is 2.34. The third-order valence-electron chi connectivity index (χ3n) is 3.61. The van der Waals surface area contributed by atoms with Gasteiger partial charge in [0.1, 0.15) is 5.54 Å². The Bertz CT molecular complexity index is 441. The highest BCUT2D eigenvalue weighted by molar-refractivity contribution is 5.94. The first kappa shape index (κ1) is 11.7. The molecule has 0 bridgehead atoms. The summed E-state index contributed by atoms with van der Waals surface area (Å²) in [5.41, 5.74) is 0.0592. The summed E-state index contributed by atoms with van der Waals surface area (Å²) in [4.78, 5) is 13.9. The minimum absolute atomic E-state index is 0.0611. The van der Waals surface area contributed by atoms with E-state index < -0.39 is 5.54 Å². The van der Waals surface area contributed by atoms with Gasteiger partial charge in [-0.1, -0.05) is 18.2 Å². The molecule has 1 fully saturated rings. The standard InChI is InChI=1S/C14H16N2O/c1-16(14(11-15)9-5-6-10-14)13(17)12-7-3-2-4-8-12/h2-4,7-8H,5-6,9-10H2,1H3. The van der Waals surface area contributed by atoms with E-state index in [-0.39, 0.29) is 5.91 Å². The molecule has 0 N–H and O–H groups in total. The lowest BCUT2D eigenvalue weighted by Gasteiger charge is -2.32. The molecule has 0 unspecified atom stereocenters. The molecule has 2 rings (SSSR count). The zero-order valence-electron chi connectivity index (χ0n) is 10.0. The zero-order valence-corrected chi connectivity index (χ0v) is 10.0. The van der Waals surface area contributed by atoms with Crippen LogP contribution in [0.25, 0.3) is 0 Å². The van der Waals surface area contributed by atoms with Crippen molar-refractivity contribution in [3.63, 3.8) is 0 Å². The topological polar surface area (TPSA) is 44.1 Å². The fourth-order valence-electron chi connectivity index (χ4n) is 2.45. The lowest BCUT2D eigenvalue weighted by Crippen LogP contribution is -2.46. The first-order valence-electron chi connectivity index (χ1n) is 5.94. The van der Waals surface area contributed by atoms with Gasteiger partial charge in [0.15, 0.2) is 0 Å². The van der Waals surface area contributed by atoms with Crippen LogP contribution in [0.3, 0.4) is 0 Å². The van der Waals surface area contributed by atoms with Crippen molar-refractivity contribution in [3.05, 3.63) is 35.9 Å². The molecule has 1 amide bonds. The second-order valence-corrected chi connectivity index (χ2v) is 4.58. The van der Waals surface area contributed by atoms with E-state index in [1.165, 1.54) is 0 Å². The van der Waals surface area contributed by atoms with E-state index in [0.29, 0.717) is 5.56 Å². The monoisotopic (exact) mass is 228 g/mol. The minimum Gasteiger partial charge on any atom is -0.323 e. The number of benzene rings is 1. The molecule has 17 heavy (non-hydrogen) atoms. The van der Waals surface area contributed by atoms with Crippen LogP contribution in [0.4, 0.5) is 0 Å². The van der Waals surface area contributed by atoms with E-state index in [4.69, 9.17) is 0 Å². The van der Waals surface area contributed by atoms with E-state index in [0.717, 1.165) is 25.7 Å². The first-order valence-corrected chi connectivity index (χ1v) is 5.94. The van der Waals surface area contributed by atoms with Gasteiger partial charge < -0.3 is 4.90 Å². The summed E-state index contributed by atoms with van der Waals surface area (Å²) in [6.07, 6.45) is 3.64. The number of hydrogen-bond acceptors (Lipinski definition) is 2. The van der Waals surface area contributed by atoms with Crippen molar-refractivity contribution in [2.24, 2.45) is 0 Å². The number of nitriles is 1. The highest BCUT2D eigenvalue weighted by atomic mass is 16.2. The summed E-state index contributed by atoms with van der Waals surface area (Å²) < 4.78 is 0. The molecule has 88 valence electrons. The summed E-state index contributed by atoms with van der Waals surface area (Å²) in [6.45, 7) is 0. The molecule has 1 aromatic carbocycles. The Labute approximate surface area is 102 Å². The van der Waals surface area contributed by atoms with Crippen LogP contribution >= 0.6 is 0 Å². The Morgan fingerprint density at radius 3 is 2.41 bits per heavy atom. The summed E-state index contributed by atoms with van der Waals surface area (Å²) in [7, 11) is 1.74. The van der Waals surface area contributed by atoms with Crippen molar-refractivity contribution in [1.29, 1.82) is 5.26 Å². The van der Waals surface area contributed by atoms with Crippen LogP contribution in [0.15, 0.2) is 30.3 Å². The van der Waals surface area contributed by atoms with Crippen molar-refractivity contribution >= 4 is 5.91 Å². The number of hydrogen-bond donors (Lipinski definition) is 0. The number of carbonyl (C=O) groups is 1. The van der Waals surface area contributed by atoms with Crippen molar-refractivity contribution in [2.75, 3.05) is 7.05 Å². The smallest absolute Gasteiger partial charge is 0.254 e. The average Bonchev–Trinajstić information content (AvgIpc) is 2.88. The third kappa shape index (κ3) is 2.03. The summed E-state index contributed by atoms with van der Waals surface area (Å²) in [5.74, 6) is -0.0611. The lowest BCUT2D eigenvalue weighted by molar-refractivity contribution is 0.0663. The van der Waals surface area contributed by atoms with Gasteiger partial charge in [0, 0.05) is 12.6 Å². The predicted molar refractivity (Wildman–Crippen MR) is 65.3 cm³/mol. The maximum atomic E-state index is 12.3. The van der Waals surface area contributed by atoms with Crippen LogP contribution in [0.2, 0.25) is 0 Å². The number of nitrogens with zero attached hydrogens (tertiary/aromatic N) is 2. The van der Waals surface area contributed by atoms with Crippen molar-refractivity contribution in [3.8, 4) is 6.07 Å². The molecule has 0 atom stereocenters. The average molecular weight is 228 g/mol. The highest BCUT2D eigenvalue weighted by Gasteiger charge is 2.40. The molecular weight excluding hydrogens is 212 g/mol. The van der Waals surface area contributed by atoms with Crippen LogP contribution in [0.1, 0.15) is 36.0 Å². The Kier molecular flexibility index (Phi) is 3.14. The van der Waals surface area contributed by atoms with E-state index in [1.54, 1.807) is 24.1 Å². The number of amides is 1. The van der Waals surface area contributed by atoms with Gasteiger partial charge in [-0.2, -0.15) is 5.26 Å². The van der Waals surface area contributed by atoms with Crippen molar-refractivity contribution in [1.82, 2.24) is 4.90 Å². The van der Waals surface area contributed by atoms with Crippen LogP contribution in [0, 0.1) is 11.3 Å². The zero-order chi connectivity index (χ0) is 12.3. The van der Waals surface area contributed by atoms with Gasteiger partial charge in [-0.25, -0.2) is 0 Å². The molecule has 0 radical (unpaired) electrons. The van der Waals surface area contributed by atoms with E-state index >= 15 is 0 Å². The van der Waals surface area contributed by atoms with Gasteiger partial charge in [-0.05, 0) is 37.8 Å². The summed E-state index contributed by atoms with van der Waals surface area (Å²) >= 11 is 0. The molecule has 0 saturated heterocycles. The van der Waals surface area contributed by atoms with E-state index in [2.05, 4.69) is 6.07 Å². The molecule has 0 aromatic heterocycles. The van der Waals surface area contributed by atoms with Gasteiger partial charge in [0.25, 0.3) is 5.91 Å². The summed E-state index contributed by atoms with van der Waals surface area (Å²) in [5, 5.41) is 9.34. The van der Waals surface area contributed by atoms with Crippen LogP contribution in [-0.4, -0.2) is 23.4 Å². The van der Waals surface area contributed by atoms with Gasteiger partial charge >= 0.3 is 0 Å². The minimum atomic E-state index is -0.590. The third-order valence-corrected chi connectivity index (χ3v) is 3.61. The molecular formula is C14H16N2O. The molecule has 1 saturated carbocycles. The Morgan fingerprint density at radius 1 is 1.29 bits per heavy atom. The van der Waals surface area contributed by atoms with Crippen LogP contribution in [-0.2, 0) is 0 Å². The number of rotatable bonds is 2. The largest absolute Gasteiger partial charge is 0.323 e. The molecule has 1 aliphatic carbocycles. The Morgan fingerprint density at radius 2 is 1.88 bits per heavy atom. The lowest BCUT2D eigenvalue weighted by atomic mass is 9.97. The maximum Gasteiger partial charge on any atom is 0.254 e.